The molecule has 1 aliphatic heterocycles. The summed E-state index contributed by atoms with van der Waals surface area (Å²) in [6.07, 6.45) is 0. The molecule has 1 N–H and O–H groups in total. The summed E-state index contributed by atoms with van der Waals surface area (Å²) in [4.78, 5) is 21.1. The van der Waals surface area contributed by atoms with Gasteiger partial charge in [-0.2, -0.15) is 0 Å². The average molecular weight is 446 g/mol. The van der Waals surface area contributed by atoms with E-state index >= 15 is 0 Å². The Morgan fingerprint density at radius 3 is 2.62 bits per heavy atom. The van der Waals surface area contributed by atoms with Crippen LogP contribution in [0.4, 0.5) is 0 Å². The van der Waals surface area contributed by atoms with Crippen LogP contribution in [0.3, 0.4) is 0 Å². The Bertz CT molecular complexity index is 1100. The second-order valence-electron chi connectivity index (χ2n) is 5.49. The van der Waals surface area contributed by atoms with Crippen molar-refractivity contribution in [1.29, 1.82) is 0 Å². The van der Waals surface area contributed by atoms with Gasteiger partial charge in [0, 0.05) is 14.4 Å². The fourth-order valence-corrected chi connectivity index (χ4v) is 4.11. The molecule has 1 aromatic heterocycles. The molecule has 0 fully saturated rings. The van der Waals surface area contributed by atoms with Crippen LogP contribution in [0.2, 0.25) is 0 Å². The second kappa shape index (κ2) is 5.78. The third-order valence-electron chi connectivity index (χ3n) is 3.80. The number of fused-ring (bicyclic) bond motifs is 1. The summed E-state index contributed by atoms with van der Waals surface area (Å²) in [6, 6.07) is 13.5. The fourth-order valence-electron chi connectivity index (χ4n) is 2.60. The predicted molar refractivity (Wildman–Crippen MR) is 101 cm³/mol. The number of benzene rings is 2. The number of aryl methyl sites for hydroxylation is 1. The van der Waals surface area contributed by atoms with Gasteiger partial charge >= 0.3 is 0 Å². The number of carbonyl (C=O) groups excluding carboxylic acids is 1. The van der Waals surface area contributed by atoms with Crippen LogP contribution in [-0.4, -0.2) is 16.0 Å². The molecule has 0 radical (unpaired) electrons. The number of aromatic hydroxyl groups is 1. The quantitative estimate of drug-likeness (QED) is 0.616. The number of thiazole rings is 1. The predicted octanol–water partition coefficient (Wildman–Crippen LogP) is 2.79. The minimum atomic E-state index is -0.332. The maximum Gasteiger partial charge on any atom is 0.279 e. The molecule has 1 aliphatic rings. The van der Waals surface area contributed by atoms with Gasteiger partial charge in [0.25, 0.3) is 5.91 Å². The van der Waals surface area contributed by atoms with Crippen molar-refractivity contribution < 1.29 is 9.90 Å². The van der Waals surface area contributed by atoms with Gasteiger partial charge in [-0.05, 0) is 47.7 Å². The summed E-state index contributed by atoms with van der Waals surface area (Å²) in [5, 5.41) is 12.4. The van der Waals surface area contributed by atoms with Gasteiger partial charge in [0.2, 0.25) is 5.88 Å². The number of hydrogen-bond donors (Lipinski definition) is 1. The average Bonchev–Trinajstić information content (AvgIpc) is 3.07. The van der Waals surface area contributed by atoms with E-state index in [1.165, 1.54) is 11.3 Å². The number of halogens is 1. The molecular weight excluding hydrogens is 435 g/mol. The van der Waals surface area contributed by atoms with Crippen molar-refractivity contribution in [3.8, 4) is 16.5 Å². The minimum absolute atomic E-state index is 0.124. The number of hydrogen-bond acceptors (Lipinski definition) is 4. The van der Waals surface area contributed by atoms with Gasteiger partial charge in [0.1, 0.15) is 9.88 Å². The lowest BCUT2D eigenvalue weighted by Gasteiger charge is -1.97. The first kappa shape index (κ1) is 15.5. The highest BCUT2D eigenvalue weighted by Gasteiger charge is 2.25. The van der Waals surface area contributed by atoms with Crippen molar-refractivity contribution in [1.82, 2.24) is 4.98 Å². The number of amides is 1. The van der Waals surface area contributed by atoms with E-state index in [2.05, 4.69) is 32.6 Å². The van der Waals surface area contributed by atoms with Gasteiger partial charge in [-0.15, -0.1) is 11.3 Å². The molecule has 0 saturated carbocycles. The van der Waals surface area contributed by atoms with Gasteiger partial charge in [-0.1, -0.05) is 29.8 Å². The molecule has 0 bridgehead atoms. The van der Waals surface area contributed by atoms with Crippen LogP contribution in [0, 0.1) is 10.5 Å². The van der Waals surface area contributed by atoms with Crippen LogP contribution < -0.4 is 10.6 Å². The van der Waals surface area contributed by atoms with E-state index in [4.69, 9.17) is 0 Å². The van der Waals surface area contributed by atoms with Crippen LogP contribution in [0.15, 0.2) is 47.5 Å². The Hall–Kier alpha value is -2.06. The van der Waals surface area contributed by atoms with Crippen LogP contribution in [0.25, 0.3) is 16.1 Å². The van der Waals surface area contributed by atoms with Crippen molar-refractivity contribution in [2.75, 3.05) is 0 Å². The van der Waals surface area contributed by atoms with Crippen molar-refractivity contribution >= 4 is 45.4 Å². The largest absolute Gasteiger partial charge is 0.492 e. The Morgan fingerprint density at radius 1 is 1.12 bits per heavy atom. The molecular formula is C18H11IN2O2S. The van der Waals surface area contributed by atoms with Gasteiger partial charge < -0.3 is 5.11 Å². The maximum absolute atomic E-state index is 12.3. The Morgan fingerprint density at radius 2 is 1.88 bits per heavy atom. The molecule has 6 heteroatoms. The summed E-state index contributed by atoms with van der Waals surface area (Å²) in [6.45, 7) is 2.02. The van der Waals surface area contributed by atoms with E-state index in [-0.39, 0.29) is 11.8 Å². The molecule has 0 unspecified atom stereocenters. The summed E-state index contributed by atoms with van der Waals surface area (Å²) >= 11 is 3.50. The number of nitrogens with zero attached hydrogens (tertiary/aromatic N) is 2. The first-order valence-corrected chi connectivity index (χ1v) is 9.12. The highest BCUT2D eigenvalue weighted by molar-refractivity contribution is 14.1. The van der Waals surface area contributed by atoms with Crippen LogP contribution in [-0.2, 0) is 4.79 Å². The number of rotatable bonds is 2. The zero-order valence-electron chi connectivity index (χ0n) is 12.6. The Kier molecular flexibility index (Phi) is 3.73. The van der Waals surface area contributed by atoms with E-state index < -0.39 is 0 Å². The molecule has 1 amide bonds. The first-order chi connectivity index (χ1) is 11.5. The zero-order chi connectivity index (χ0) is 16.8. The highest BCUT2D eigenvalue weighted by Crippen LogP contribution is 2.36. The molecule has 4 nitrogen and oxygen atoms in total. The Labute approximate surface area is 155 Å². The number of aromatic nitrogens is 1. The standard InChI is InChI=1S/C18H11IN2O2S/c1-9-2-4-10(5-3-9)18-21-17(23)15(24-18)14-12-8-11(19)6-7-13(12)20-16(14)22/h2-8,23H,1H3. The molecule has 0 atom stereocenters. The molecule has 0 saturated heterocycles. The number of carbonyl (C=O) groups is 1. The van der Waals surface area contributed by atoms with E-state index in [0.29, 0.717) is 20.8 Å². The van der Waals surface area contributed by atoms with E-state index in [9.17, 15) is 9.90 Å². The topological polar surface area (TPSA) is 62.6 Å². The second-order valence-corrected chi connectivity index (χ2v) is 7.74. The molecule has 3 aromatic rings. The monoisotopic (exact) mass is 446 g/mol. The van der Waals surface area contributed by atoms with Crippen LogP contribution in [0.5, 0.6) is 5.88 Å². The molecule has 0 aliphatic carbocycles. The molecule has 24 heavy (non-hydrogen) atoms. The van der Waals surface area contributed by atoms with Crippen molar-refractivity contribution in [3.05, 3.63) is 67.1 Å². The third kappa shape index (κ3) is 2.55. The van der Waals surface area contributed by atoms with Crippen molar-refractivity contribution in [2.24, 2.45) is 4.99 Å². The van der Waals surface area contributed by atoms with Gasteiger partial charge in [-0.25, -0.2) is 9.98 Å². The van der Waals surface area contributed by atoms with Crippen LogP contribution >= 0.6 is 33.9 Å². The lowest BCUT2D eigenvalue weighted by atomic mass is 10.1. The van der Waals surface area contributed by atoms with Crippen molar-refractivity contribution in [3.63, 3.8) is 0 Å². The molecule has 118 valence electrons. The van der Waals surface area contributed by atoms with Gasteiger partial charge in [-0.3, -0.25) is 4.79 Å². The fraction of sp³-hybridized carbons (Fsp3) is 0.0556. The highest BCUT2D eigenvalue weighted by atomic mass is 127. The third-order valence-corrected chi connectivity index (χ3v) is 5.58. The van der Waals surface area contributed by atoms with E-state index in [1.807, 2.05) is 49.4 Å². The maximum atomic E-state index is 12.3. The summed E-state index contributed by atoms with van der Waals surface area (Å²) in [7, 11) is 0. The van der Waals surface area contributed by atoms with Gasteiger partial charge in [0.15, 0.2) is 0 Å². The Balaban J connectivity index is 1.92. The lowest BCUT2D eigenvalue weighted by molar-refractivity contribution is -0.112. The minimum Gasteiger partial charge on any atom is -0.492 e. The first-order valence-electron chi connectivity index (χ1n) is 7.23. The van der Waals surface area contributed by atoms with Crippen LogP contribution in [0.1, 0.15) is 10.4 Å². The van der Waals surface area contributed by atoms with Gasteiger partial charge in [0.05, 0.1) is 10.9 Å². The van der Waals surface area contributed by atoms with E-state index in [0.717, 1.165) is 19.9 Å². The summed E-state index contributed by atoms with van der Waals surface area (Å²) in [5.41, 5.74) is 2.50. The normalized spacial score (nSPS) is 13.1. The molecule has 2 heterocycles. The molecule has 4 rings (SSSR count). The zero-order valence-corrected chi connectivity index (χ0v) is 15.6. The smallest absolute Gasteiger partial charge is 0.279 e. The lowest BCUT2D eigenvalue weighted by Crippen LogP contribution is -2.23. The van der Waals surface area contributed by atoms with E-state index in [1.54, 1.807) is 0 Å². The summed E-state index contributed by atoms with van der Waals surface area (Å²) in [5.74, 6) is -0.456. The van der Waals surface area contributed by atoms with Crippen molar-refractivity contribution in [2.45, 2.75) is 6.92 Å². The molecule has 2 aromatic carbocycles. The SMILES string of the molecule is Cc1ccc(-c2nc(O)c(C3=c4cc(I)ccc4=NC3=O)s2)cc1. The molecule has 0 spiro atoms. The summed E-state index contributed by atoms with van der Waals surface area (Å²) < 4.78 is 1.01.